The Kier molecular flexibility index (Phi) is 3.06. The molecule has 1 aliphatic rings. The lowest BCUT2D eigenvalue weighted by Gasteiger charge is -2.12. The molecular weight excluding hydrogens is 208 g/mol. The van der Waals surface area contributed by atoms with Crippen molar-refractivity contribution in [2.24, 2.45) is 0 Å². The number of rotatable bonds is 2. The summed E-state index contributed by atoms with van der Waals surface area (Å²) in [4.78, 5) is 0. The zero-order valence-electron chi connectivity index (χ0n) is 8.62. The molecule has 0 aliphatic carbocycles. The van der Waals surface area contributed by atoms with E-state index in [0.717, 1.165) is 18.7 Å². The maximum absolute atomic E-state index is 5.75. The Morgan fingerprint density at radius 2 is 2.33 bits per heavy atom. The lowest BCUT2D eigenvalue weighted by molar-refractivity contribution is 0.235. The number of thiocarbonyl (C=S) groups is 1. The maximum Gasteiger partial charge on any atom is 0.166 e. The first kappa shape index (κ1) is 10.2. The molecule has 15 heavy (non-hydrogen) atoms. The Labute approximate surface area is 94.8 Å². The minimum atomic E-state index is 0.189. The van der Waals surface area contributed by atoms with Crippen LogP contribution in [0.4, 0.5) is 0 Å². The van der Waals surface area contributed by atoms with E-state index in [1.165, 1.54) is 5.56 Å². The second-order valence-electron chi connectivity index (χ2n) is 3.51. The quantitative estimate of drug-likeness (QED) is 0.734. The summed E-state index contributed by atoms with van der Waals surface area (Å²) in [5, 5.41) is 6.64. The number of hydrogen-bond acceptors (Lipinski definition) is 2. The van der Waals surface area contributed by atoms with Crippen molar-refractivity contribution in [1.29, 1.82) is 0 Å². The SMILES string of the molecule is CNC(=S)NCC1Cc2ccccc2O1. The molecule has 2 rings (SSSR count). The number of nitrogens with one attached hydrogen (secondary N) is 2. The summed E-state index contributed by atoms with van der Waals surface area (Å²) in [6, 6.07) is 8.14. The fraction of sp³-hybridized carbons (Fsp3) is 0.364. The van der Waals surface area contributed by atoms with Gasteiger partial charge in [-0.1, -0.05) is 18.2 Å². The fourth-order valence-electron chi connectivity index (χ4n) is 1.66. The fourth-order valence-corrected chi connectivity index (χ4v) is 1.75. The zero-order valence-corrected chi connectivity index (χ0v) is 9.43. The van der Waals surface area contributed by atoms with Crippen LogP contribution in [0.3, 0.4) is 0 Å². The highest BCUT2D eigenvalue weighted by Crippen LogP contribution is 2.27. The number of fused-ring (bicyclic) bond motifs is 1. The first-order valence-electron chi connectivity index (χ1n) is 4.99. The lowest BCUT2D eigenvalue weighted by atomic mass is 10.1. The van der Waals surface area contributed by atoms with Gasteiger partial charge in [-0.05, 0) is 23.8 Å². The summed E-state index contributed by atoms with van der Waals surface area (Å²) in [6.07, 6.45) is 1.14. The molecule has 1 aromatic carbocycles. The van der Waals surface area contributed by atoms with Gasteiger partial charge in [0.15, 0.2) is 5.11 Å². The normalized spacial score (nSPS) is 17.8. The molecule has 80 valence electrons. The number of benzene rings is 1. The van der Waals surface area contributed by atoms with Crippen molar-refractivity contribution in [3.8, 4) is 5.75 Å². The summed E-state index contributed by atoms with van der Waals surface area (Å²) >= 11 is 5.00. The summed E-state index contributed by atoms with van der Waals surface area (Å²) in [7, 11) is 1.81. The van der Waals surface area contributed by atoms with Gasteiger partial charge in [0.25, 0.3) is 0 Å². The first-order chi connectivity index (χ1) is 7.29. The van der Waals surface area contributed by atoms with Gasteiger partial charge < -0.3 is 15.4 Å². The molecule has 0 saturated carbocycles. The average Bonchev–Trinajstić information content (AvgIpc) is 2.68. The molecule has 0 fully saturated rings. The Hall–Kier alpha value is -1.29. The molecule has 1 aliphatic heterocycles. The molecule has 0 saturated heterocycles. The van der Waals surface area contributed by atoms with Gasteiger partial charge in [0.05, 0.1) is 6.54 Å². The molecule has 0 spiro atoms. The summed E-state index contributed by atoms with van der Waals surface area (Å²) in [5.74, 6) is 1.000. The summed E-state index contributed by atoms with van der Waals surface area (Å²) in [5.41, 5.74) is 1.28. The molecule has 1 atom stereocenters. The highest BCUT2D eigenvalue weighted by molar-refractivity contribution is 7.80. The number of para-hydroxylation sites is 1. The third-order valence-corrected chi connectivity index (χ3v) is 2.78. The molecule has 0 radical (unpaired) electrons. The topological polar surface area (TPSA) is 33.3 Å². The molecule has 4 heteroatoms. The molecule has 1 heterocycles. The van der Waals surface area contributed by atoms with E-state index in [0.29, 0.717) is 5.11 Å². The van der Waals surface area contributed by atoms with Crippen LogP contribution < -0.4 is 15.4 Å². The summed E-state index contributed by atoms with van der Waals surface area (Å²) < 4.78 is 5.75. The van der Waals surface area contributed by atoms with Gasteiger partial charge in [-0.3, -0.25) is 0 Å². The highest BCUT2D eigenvalue weighted by atomic mass is 32.1. The smallest absolute Gasteiger partial charge is 0.166 e. The molecular formula is C11H14N2OS. The van der Waals surface area contributed by atoms with Gasteiger partial charge in [-0.15, -0.1) is 0 Å². The second-order valence-corrected chi connectivity index (χ2v) is 3.92. The van der Waals surface area contributed by atoms with Gasteiger partial charge in [0.1, 0.15) is 11.9 Å². The predicted octanol–water partition coefficient (Wildman–Crippen LogP) is 1.08. The van der Waals surface area contributed by atoms with Crippen LogP contribution in [0.1, 0.15) is 5.56 Å². The molecule has 1 unspecified atom stereocenters. The van der Waals surface area contributed by atoms with Gasteiger partial charge in [-0.25, -0.2) is 0 Å². The van der Waals surface area contributed by atoms with Gasteiger partial charge in [0.2, 0.25) is 0 Å². The van der Waals surface area contributed by atoms with E-state index in [1.807, 2.05) is 18.2 Å². The van der Waals surface area contributed by atoms with Crippen molar-refractivity contribution in [3.05, 3.63) is 29.8 Å². The van der Waals surface area contributed by atoms with Crippen molar-refractivity contribution in [3.63, 3.8) is 0 Å². The minimum absolute atomic E-state index is 0.189. The largest absolute Gasteiger partial charge is 0.488 e. The van der Waals surface area contributed by atoms with Gasteiger partial charge >= 0.3 is 0 Å². The highest BCUT2D eigenvalue weighted by Gasteiger charge is 2.21. The Morgan fingerprint density at radius 3 is 3.07 bits per heavy atom. The Bertz CT molecular complexity index is 342. The number of ether oxygens (including phenoxy) is 1. The molecule has 0 aromatic heterocycles. The van der Waals surface area contributed by atoms with E-state index >= 15 is 0 Å². The molecule has 1 aromatic rings. The van der Waals surface area contributed by atoms with Crippen LogP contribution in [-0.4, -0.2) is 24.8 Å². The van der Waals surface area contributed by atoms with Crippen LogP contribution in [0.25, 0.3) is 0 Å². The van der Waals surface area contributed by atoms with E-state index in [2.05, 4.69) is 16.7 Å². The van der Waals surface area contributed by atoms with E-state index in [1.54, 1.807) is 7.05 Å². The molecule has 0 amide bonds. The van der Waals surface area contributed by atoms with Crippen molar-refractivity contribution < 1.29 is 4.74 Å². The van der Waals surface area contributed by atoms with Crippen molar-refractivity contribution in [2.75, 3.05) is 13.6 Å². The predicted molar refractivity (Wildman–Crippen MR) is 64.2 cm³/mol. The Morgan fingerprint density at radius 1 is 1.53 bits per heavy atom. The van der Waals surface area contributed by atoms with Crippen LogP contribution in [-0.2, 0) is 6.42 Å². The van der Waals surface area contributed by atoms with Gasteiger partial charge in [-0.2, -0.15) is 0 Å². The van der Waals surface area contributed by atoms with Crippen LogP contribution in [0.5, 0.6) is 5.75 Å². The van der Waals surface area contributed by atoms with Crippen LogP contribution in [0.2, 0.25) is 0 Å². The third-order valence-electron chi connectivity index (χ3n) is 2.43. The van der Waals surface area contributed by atoms with E-state index in [9.17, 15) is 0 Å². The van der Waals surface area contributed by atoms with Crippen LogP contribution in [0.15, 0.2) is 24.3 Å². The third kappa shape index (κ3) is 2.39. The van der Waals surface area contributed by atoms with Crippen LogP contribution >= 0.6 is 12.2 Å². The lowest BCUT2D eigenvalue weighted by Crippen LogP contribution is -2.39. The zero-order chi connectivity index (χ0) is 10.7. The van der Waals surface area contributed by atoms with E-state index < -0.39 is 0 Å². The standard InChI is InChI=1S/C11H14N2OS/c1-12-11(15)13-7-9-6-8-4-2-3-5-10(8)14-9/h2-5,9H,6-7H2,1H3,(H2,12,13,15). The van der Waals surface area contributed by atoms with Crippen molar-refractivity contribution in [2.45, 2.75) is 12.5 Å². The Balaban J connectivity index is 1.88. The number of hydrogen-bond donors (Lipinski definition) is 2. The first-order valence-corrected chi connectivity index (χ1v) is 5.40. The minimum Gasteiger partial charge on any atom is -0.488 e. The van der Waals surface area contributed by atoms with Gasteiger partial charge in [0, 0.05) is 13.5 Å². The van der Waals surface area contributed by atoms with Crippen LogP contribution in [0, 0.1) is 0 Å². The average molecular weight is 222 g/mol. The summed E-state index contributed by atoms with van der Waals surface area (Å²) in [6.45, 7) is 0.744. The molecule has 3 nitrogen and oxygen atoms in total. The van der Waals surface area contributed by atoms with E-state index in [4.69, 9.17) is 17.0 Å². The monoisotopic (exact) mass is 222 g/mol. The molecule has 2 N–H and O–H groups in total. The second kappa shape index (κ2) is 4.49. The van der Waals surface area contributed by atoms with Crippen molar-refractivity contribution >= 4 is 17.3 Å². The van der Waals surface area contributed by atoms with E-state index in [-0.39, 0.29) is 6.10 Å². The van der Waals surface area contributed by atoms with Crippen molar-refractivity contribution in [1.82, 2.24) is 10.6 Å². The maximum atomic E-state index is 5.75. The molecule has 0 bridgehead atoms.